The standard InChI is InChI=1S/C26H24F6O4/c1-34-21-11-7-19(8-12-21)17-35-24(25(27,28)29,26(30,31)32)20-9-13-22(14-10-20)36-23(16-33)15-18-5-3-2-4-6-18/h2-14,23,33H,15-17H2,1H3/t23-/m0/s1. The Morgan fingerprint density at radius 3 is 1.78 bits per heavy atom. The lowest BCUT2D eigenvalue weighted by Gasteiger charge is -2.37. The van der Waals surface area contributed by atoms with Crippen LogP contribution in [0.25, 0.3) is 0 Å². The van der Waals surface area contributed by atoms with E-state index in [2.05, 4.69) is 4.74 Å². The Morgan fingerprint density at radius 2 is 1.28 bits per heavy atom. The molecule has 0 unspecified atom stereocenters. The van der Waals surface area contributed by atoms with Crippen LogP contribution in [0.1, 0.15) is 16.7 Å². The number of alkyl halides is 6. The SMILES string of the molecule is COc1ccc(COC(c2ccc(O[C@H](CO)Cc3ccccc3)cc2)(C(F)(F)F)C(F)(F)F)cc1. The Kier molecular flexibility index (Phi) is 8.52. The Morgan fingerprint density at radius 1 is 0.722 bits per heavy atom. The molecule has 36 heavy (non-hydrogen) atoms. The molecule has 0 radical (unpaired) electrons. The van der Waals surface area contributed by atoms with E-state index >= 15 is 0 Å². The highest BCUT2D eigenvalue weighted by molar-refractivity contribution is 5.34. The minimum Gasteiger partial charge on any atom is -0.497 e. The van der Waals surface area contributed by atoms with E-state index < -0.39 is 42.8 Å². The van der Waals surface area contributed by atoms with Crippen LogP contribution in [0.4, 0.5) is 26.3 Å². The van der Waals surface area contributed by atoms with Crippen LogP contribution in [0.3, 0.4) is 0 Å². The van der Waals surface area contributed by atoms with Gasteiger partial charge in [0.1, 0.15) is 17.6 Å². The second-order valence-corrected chi connectivity index (χ2v) is 7.95. The Bertz CT molecular complexity index is 1070. The lowest BCUT2D eigenvalue weighted by molar-refractivity contribution is -0.392. The van der Waals surface area contributed by atoms with Crippen molar-refractivity contribution in [3.05, 3.63) is 95.6 Å². The molecule has 1 atom stereocenters. The molecule has 0 saturated carbocycles. The molecule has 0 bridgehead atoms. The predicted octanol–water partition coefficient (Wildman–Crippen LogP) is 6.21. The van der Waals surface area contributed by atoms with E-state index in [0.717, 1.165) is 17.7 Å². The quantitative estimate of drug-likeness (QED) is 0.327. The summed E-state index contributed by atoms with van der Waals surface area (Å²) in [5, 5.41) is 9.61. The number of ether oxygens (including phenoxy) is 3. The fourth-order valence-corrected chi connectivity index (χ4v) is 3.63. The third-order valence-corrected chi connectivity index (χ3v) is 5.49. The summed E-state index contributed by atoms with van der Waals surface area (Å²) in [5.41, 5.74) is -4.78. The van der Waals surface area contributed by atoms with Crippen LogP contribution in [0.15, 0.2) is 78.9 Å². The van der Waals surface area contributed by atoms with Gasteiger partial charge in [0.05, 0.1) is 20.3 Å². The lowest BCUT2D eigenvalue weighted by Crippen LogP contribution is -2.55. The summed E-state index contributed by atoms with van der Waals surface area (Å²) in [4.78, 5) is 0. The normalized spacial score (nSPS) is 13.3. The fourth-order valence-electron chi connectivity index (χ4n) is 3.63. The highest BCUT2D eigenvalue weighted by Gasteiger charge is 2.73. The molecule has 4 nitrogen and oxygen atoms in total. The maximum Gasteiger partial charge on any atom is 0.430 e. The van der Waals surface area contributed by atoms with Crippen LogP contribution in [-0.2, 0) is 23.4 Å². The Hall–Kier alpha value is -3.24. The molecule has 0 spiro atoms. The zero-order chi connectivity index (χ0) is 26.4. The van der Waals surface area contributed by atoms with Gasteiger partial charge in [-0.2, -0.15) is 26.3 Å². The third kappa shape index (κ3) is 6.11. The molecule has 0 aromatic heterocycles. The number of rotatable bonds is 10. The maximum atomic E-state index is 14.1. The number of hydrogen-bond acceptors (Lipinski definition) is 4. The van der Waals surface area contributed by atoms with Crippen LogP contribution in [0.2, 0.25) is 0 Å². The molecule has 0 aliphatic rings. The number of benzene rings is 3. The van der Waals surface area contributed by atoms with E-state index in [1.807, 2.05) is 0 Å². The smallest absolute Gasteiger partial charge is 0.430 e. The zero-order valence-electron chi connectivity index (χ0n) is 19.1. The number of aliphatic hydroxyl groups is 1. The van der Waals surface area contributed by atoms with Crippen LogP contribution >= 0.6 is 0 Å². The topological polar surface area (TPSA) is 47.9 Å². The van der Waals surface area contributed by atoms with Gasteiger partial charge in [0.25, 0.3) is 5.60 Å². The first-order chi connectivity index (χ1) is 17.0. The first kappa shape index (κ1) is 27.3. The van der Waals surface area contributed by atoms with Crippen LogP contribution in [0.5, 0.6) is 11.5 Å². The molecule has 0 fully saturated rings. The molecular weight excluding hydrogens is 490 g/mol. The largest absolute Gasteiger partial charge is 0.497 e. The fraction of sp³-hybridized carbons (Fsp3) is 0.308. The molecule has 0 heterocycles. The predicted molar refractivity (Wildman–Crippen MR) is 120 cm³/mol. The summed E-state index contributed by atoms with van der Waals surface area (Å²) in [6, 6.07) is 17.7. The number of aliphatic hydroxyl groups excluding tert-OH is 1. The van der Waals surface area contributed by atoms with E-state index in [-0.39, 0.29) is 11.3 Å². The van der Waals surface area contributed by atoms with Crippen molar-refractivity contribution in [2.75, 3.05) is 13.7 Å². The number of hydrogen-bond donors (Lipinski definition) is 1. The summed E-state index contributed by atoms with van der Waals surface area (Å²) in [6.45, 7) is -1.36. The molecule has 0 saturated heterocycles. The van der Waals surface area contributed by atoms with Gasteiger partial charge < -0.3 is 19.3 Å². The molecule has 0 aliphatic carbocycles. The van der Waals surface area contributed by atoms with E-state index in [4.69, 9.17) is 9.47 Å². The van der Waals surface area contributed by atoms with Crippen molar-refractivity contribution in [2.45, 2.75) is 37.1 Å². The molecule has 10 heteroatoms. The molecule has 1 N–H and O–H groups in total. The van der Waals surface area contributed by atoms with E-state index in [9.17, 15) is 31.4 Å². The van der Waals surface area contributed by atoms with E-state index in [1.165, 1.54) is 31.4 Å². The summed E-state index contributed by atoms with van der Waals surface area (Å²) in [7, 11) is 1.38. The van der Waals surface area contributed by atoms with Crippen LogP contribution < -0.4 is 9.47 Å². The van der Waals surface area contributed by atoms with Gasteiger partial charge in [-0.15, -0.1) is 0 Å². The Balaban J connectivity index is 1.87. The maximum absolute atomic E-state index is 14.1. The van der Waals surface area contributed by atoms with Crippen molar-refractivity contribution in [3.63, 3.8) is 0 Å². The van der Waals surface area contributed by atoms with Crippen LogP contribution in [0, 0.1) is 0 Å². The van der Waals surface area contributed by atoms with Crippen molar-refractivity contribution < 1.29 is 45.7 Å². The average Bonchev–Trinajstić information content (AvgIpc) is 2.84. The van der Waals surface area contributed by atoms with Crippen molar-refractivity contribution >= 4 is 0 Å². The summed E-state index contributed by atoms with van der Waals surface area (Å²) >= 11 is 0. The second-order valence-electron chi connectivity index (χ2n) is 7.95. The summed E-state index contributed by atoms with van der Waals surface area (Å²) in [5.74, 6) is 0.392. The van der Waals surface area contributed by atoms with Gasteiger partial charge in [-0.25, -0.2) is 0 Å². The van der Waals surface area contributed by atoms with Crippen molar-refractivity contribution in [1.82, 2.24) is 0 Å². The van der Waals surface area contributed by atoms with Crippen molar-refractivity contribution in [1.29, 1.82) is 0 Å². The van der Waals surface area contributed by atoms with Gasteiger partial charge in [-0.1, -0.05) is 54.6 Å². The minimum absolute atomic E-state index is 0.00198. The van der Waals surface area contributed by atoms with E-state index in [1.54, 1.807) is 30.3 Å². The lowest BCUT2D eigenvalue weighted by atomic mass is 9.91. The van der Waals surface area contributed by atoms with Gasteiger partial charge in [0.2, 0.25) is 0 Å². The third-order valence-electron chi connectivity index (χ3n) is 5.49. The van der Waals surface area contributed by atoms with Gasteiger partial charge in [-0.05, 0) is 35.4 Å². The monoisotopic (exact) mass is 514 g/mol. The molecular formula is C26H24F6O4. The second kappa shape index (κ2) is 11.2. The first-order valence-electron chi connectivity index (χ1n) is 10.8. The van der Waals surface area contributed by atoms with E-state index in [0.29, 0.717) is 24.3 Å². The summed E-state index contributed by atoms with van der Waals surface area (Å²) in [6.07, 6.45) is -12.1. The molecule has 0 amide bonds. The minimum atomic E-state index is -5.82. The number of halogens is 6. The molecule has 3 aromatic carbocycles. The zero-order valence-corrected chi connectivity index (χ0v) is 19.1. The Labute approximate surface area is 204 Å². The van der Waals surface area contributed by atoms with Crippen molar-refractivity contribution in [3.8, 4) is 11.5 Å². The first-order valence-corrected chi connectivity index (χ1v) is 10.8. The van der Waals surface area contributed by atoms with Crippen molar-refractivity contribution in [2.24, 2.45) is 0 Å². The molecule has 3 aromatic rings. The molecule has 194 valence electrons. The van der Waals surface area contributed by atoms with Gasteiger partial charge >= 0.3 is 12.4 Å². The summed E-state index contributed by atoms with van der Waals surface area (Å²) < 4.78 is 99.5. The number of methoxy groups -OCH3 is 1. The molecule has 0 aliphatic heterocycles. The highest BCUT2D eigenvalue weighted by atomic mass is 19.4. The van der Waals surface area contributed by atoms with Gasteiger partial charge in [0, 0.05) is 12.0 Å². The van der Waals surface area contributed by atoms with Crippen LogP contribution in [-0.4, -0.2) is 37.3 Å². The van der Waals surface area contributed by atoms with Gasteiger partial charge in [0.15, 0.2) is 0 Å². The van der Waals surface area contributed by atoms with Gasteiger partial charge in [-0.3, -0.25) is 0 Å². The molecule has 3 rings (SSSR count). The highest BCUT2D eigenvalue weighted by Crippen LogP contribution is 2.53. The average molecular weight is 514 g/mol.